The first-order valence-electron chi connectivity index (χ1n) is 5.02. The average molecular weight is 236 g/mol. The lowest BCUT2D eigenvalue weighted by atomic mass is 10.1. The number of rotatable bonds is 6. The molecule has 2 amide bonds. The van der Waals surface area contributed by atoms with Crippen molar-refractivity contribution in [3.05, 3.63) is 0 Å². The van der Waals surface area contributed by atoms with E-state index in [1.165, 1.54) is 19.0 Å². The quantitative estimate of drug-likeness (QED) is 0.357. The largest absolute Gasteiger partial charge is 0.396 e. The number of urea groups is 1. The van der Waals surface area contributed by atoms with Gasteiger partial charge in [0.15, 0.2) is 0 Å². The predicted molar refractivity (Wildman–Crippen MR) is 56.8 cm³/mol. The van der Waals surface area contributed by atoms with E-state index in [2.05, 4.69) is 5.32 Å². The van der Waals surface area contributed by atoms with Crippen molar-refractivity contribution in [2.24, 2.45) is 0 Å². The Balaban J connectivity index is 4.13. The minimum absolute atomic E-state index is 0.0259. The molecule has 3 atom stereocenters. The van der Waals surface area contributed by atoms with Gasteiger partial charge in [-0.1, -0.05) is 0 Å². The molecule has 0 aromatic carbocycles. The number of aliphatic hydroxyl groups is 4. The fraction of sp³-hybridized carbons (Fsp3) is 0.889. The Hall–Kier alpha value is -0.890. The van der Waals surface area contributed by atoms with Gasteiger partial charge in [-0.25, -0.2) is 4.79 Å². The summed E-state index contributed by atoms with van der Waals surface area (Å²) in [5, 5.41) is 39.2. The molecule has 0 radical (unpaired) electrons. The van der Waals surface area contributed by atoms with Gasteiger partial charge in [-0.05, 0) is 6.42 Å². The third-order valence-electron chi connectivity index (χ3n) is 2.23. The van der Waals surface area contributed by atoms with Crippen molar-refractivity contribution in [2.45, 2.75) is 24.7 Å². The van der Waals surface area contributed by atoms with Crippen molar-refractivity contribution in [3.63, 3.8) is 0 Å². The first-order chi connectivity index (χ1) is 7.43. The van der Waals surface area contributed by atoms with E-state index in [4.69, 9.17) is 5.11 Å². The molecule has 0 spiro atoms. The van der Waals surface area contributed by atoms with Gasteiger partial charge in [0.1, 0.15) is 6.10 Å². The summed E-state index contributed by atoms with van der Waals surface area (Å²) in [6.45, 7) is -0.389. The monoisotopic (exact) mass is 236 g/mol. The average Bonchev–Trinajstić information content (AvgIpc) is 2.26. The molecule has 0 saturated heterocycles. The van der Waals surface area contributed by atoms with Crippen LogP contribution in [0.25, 0.3) is 0 Å². The van der Waals surface area contributed by atoms with Crippen molar-refractivity contribution < 1.29 is 25.2 Å². The van der Waals surface area contributed by atoms with Crippen LogP contribution in [0.5, 0.6) is 0 Å². The van der Waals surface area contributed by atoms with E-state index in [1.54, 1.807) is 0 Å². The van der Waals surface area contributed by atoms with E-state index in [1.807, 2.05) is 0 Å². The number of carbonyl (C=O) groups excluding carboxylic acids is 1. The molecule has 0 bridgehead atoms. The van der Waals surface area contributed by atoms with Gasteiger partial charge in [0, 0.05) is 20.7 Å². The van der Waals surface area contributed by atoms with Crippen LogP contribution in [0.3, 0.4) is 0 Å². The number of likely N-dealkylation sites (N-methyl/N-ethyl adjacent to an activating group) is 1. The predicted octanol–water partition coefficient (Wildman–Crippen LogP) is -2.28. The van der Waals surface area contributed by atoms with Gasteiger partial charge in [0.25, 0.3) is 0 Å². The van der Waals surface area contributed by atoms with Crippen LogP contribution in [0, 0.1) is 0 Å². The topological polar surface area (TPSA) is 113 Å². The Morgan fingerprint density at radius 1 is 1.31 bits per heavy atom. The SMILES string of the molecule is CNC(=O)N(C)CC(O)C(O)C(O)CCO. The third-order valence-corrected chi connectivity index (χ3v) is 2.23. The molecule has 0 heterocycles. The molecule has 0 aliphatic carbocycles. The van der Waals surface area contributed by atoms with Gasteiger partial charge in [0.05, 0.1) is 18.8 Å². The number of nitrogens with one attached hydrogen (secondary N) is 1. The summed E-state index contributed by atoms with van der Waals surface area (Å²) in [4.78, 5) is 12.3. The van der Waals surface area contributed by atoms with Crippen molar-refractivity contribution in [3.8, 4) is 0 Å². The molecule has 0 fully saturated rings. The number of carbonyl (C=O) groups is 1. The molecule has 96 valence electrons. The molecule has 16 heavy (non-hydrogen) atoms. The van der Waals surface area contributed by atoms with E-state index in [0.29, 0.717) is 0 Å². The molecule has 0 aliphatic rings. The molecule has 7 heteroatoms. The number of amides is 2. The minimum atomic E-state index is -1.39. The van der Waals surface area contributed by atoms with Crippen LogP contribution in [0.1, 0.15) is 6.42 Å². The van der Waals surface area contributed by atoms with Crippen LogP contribution in [-0.2, 0) is 0 Å². The Bertz CT molecular complexity index is 214. The van der Waals surface area contributed by atoms with Gasteiger partial charge in [-0.2, -0.15) is 0 Å². The van der Waals surface area contributed by atoms with E-state index < -0.39 is 24.3 Å². The fourth-order valence-corrected chi connectivity index (χ4v) is 1.22. The van der Waals surface area contributed by atoms with Crippen molar-refractivity contribution in [1.29, 1.82) is 0 Å². The van der Waals surface area contributed by atoms with Crippen LogP contribution < -0.4 is 5.32 Å². The van der Waals surface area contributed by atoms with Crippen molar-refractivity contribution in [2.75, 3.05) is 27.2 Å². The second-order valence-electron chi connectivity index (χ2n) is 3.57. The maximum absolute atomic E-state index is 11.1. The third kappa shape index (κ3) is 4.75. The maximum Gasteiger partial charge on any atom is 0.316 e. The van der Waals surface area contributed by atoms with Crippen LogP contribution >= 0.6 is 0 Å². The van der Waals surface area contributed by atoms with Gasteiger partial charge in [0.2, 0.25) is 0 Å². The normalized spacial score (nSPS) is 16.4. The van der Waals surface area contributed by atoms with Gasteiger partial charge in [-0.3, -0.25) is 0 Å². The van der Waals surface area contributed by atoms with Gasteiger partial charge >= 0.3 is 6.03 Å². The summed E-state index contributed by atoms with van der Waals surface area (Å²) in [6.07, 6.45) is -3.89. The summed E-state index contributed by atoms with van der Waals surface area (Å²) in [5.74, 6) is 0. The molecule has 3 unspecified atom stereocenters. The van der Waals surface area contributed by atoms with Crippen molar-refractivity contribution in [1.82, 2.24) is 10.2 Å². The van der Waals surface area contributed by atoms with Crippen molar-refractivity contribution >= 4 is 6.03 Å². The maximum atomic E-state index is 11.1. The molecule has 0 aromatic rings. The molecule has 0 aliphatic heterocycles. The van der Waals surface area contributed by atoms with E-state index in [-0.39, 0.29) is 19.6 Å². The molecule has 5 N–H and O–H groups in total. The van der Waals surface area contributed by atoms with Crippen LogP contribution in [0.4, 0.5) is 4.79 Å². The van der Waals surface area contributed by atoms with Crippen LogP contribution in [0.2, 0.25) is 0 Å². The van der Waals surface area contributed by atoms with Gasteiger partial charge < -0.3 is 30.6 Å². The van der Waals surface area contributed by atoms with Crippen LogP contribution in [-0.4, -0.2) is 76.9 Å². The molecule has 0 rings (SSSR count). The first kappa shape index (κ1) is 15.1. The highest BCUT2D eigenvalue weighted by Gasteiger charge is 2.26. The van der Waals surface area contributed by atoms with E-state index in [0.717, 1.165) is 0 Å². The summed E-state index contributed by atoms with van der Waals surface area (Å²) < 4.78 is 0. The standard InChI is InChI=1S/C9H20N2O5/c1-10-9(16)11(2)5-7(14)8(15)6(13)3-4-12/h6-8,12-15H,3-5H2,1-2H3,(H,10,16). The number of hydrogen-bond donors (Lipinski definition) is 5. The molecule has 0 aromatic heterocycles. The lowest BCUT2D eigenvalue weighted by Crippen LogP contribution is -2.47. The summed E-state index contributed by atoms with van der Waals surface area (Å²) in [6, 6.07) is -0.400. The zero-order chi connectivity index (χ0) is 12.7. The zero-order valence-corrected chi connectivity index (χ0v) is 9.50. The highest BCUT2D eigenvalue weighted by Crippen LogP contribution is 2.05. The second-order valence-corrected chi connectivity index (χ2v) is 3.57. The summed E-state index contributed by atoms with van der Waals surface area (Å²) in [7, 11) is 2.90. The lowest BCUT2D eigenvalue weighted by Gasteiger charge is -2.26. The number of hydrogen-bond acceptors (Lipinski definition) is 5. The Morgan fingerprint density at radius 2 is 1.88 bits per heavy atom. The van der Waals surface area contributed by atoms with E-state index in [9.17, 15) is 20.1 Å². The Labute approximate surface area is 94.3 Å². The zero-order valence-electron chi connectivity index (χ0n) is 9.50. The number of aliphatic hydroxyl groups excluding tert-OH is 4. The summed E-state index contributed by atoms with van der Waals surface area (Å²) >= 11 is 0. The Kier molecular flexibility index (Phi) is 6.98. The number of nitrogens with zero attached hydrogens (tertiary/aromatic N) is 1. The second kappa shape index (κ2) is 7.39. The van der Waals surface area contributed by atoms with Crippen LogP contribution in [0.15, 0.2) is 0 Å². The Morgan fingerprint density at radius 3 is 2.31 bits per heavy atom. The molecular formula is C9H20N2O5. The smallest absolute Gasteiger partial charge is 0.316 e. The highest BCUT2D eigenvalue weighted by molar-refractivity contribution is 5.73. The fourth-order valence-electron chi connectivity index (χ4n) is 1.22. The minimum Gasteiger partial charge on any atom is -0.396 e. The highest BCUT2D eigenvalue weighted by atomic mass is 16.4. The molecule has 7 nitrogen and oxygen atoms in total. The molecule has 0 saturated carbocycles. The summed E-state index contributed by atoms with van der Waals surface area (Å²) in [5.41, 5.74) is 0. The first-order valence-corrected chi connectivity index (χ1v) is 5.02. The van der Waals surface area contributed by atoms with E-state index >= 15 is 0 Å². The molecular weight excluding hydrogens is 216 g/mol. The lowest BCUT2D eigenvalue weighted by molar-refractivity contribution is -0.0702. The van der Waals surface area contributed by atoms with Gasteiger partial charge in [-0.15, -0.1) is 0 Å².